The summed E-state index contributed by atoms with van der Waals surface area (Å²) in [6.45, 7) is 0.856. The maximum absolute atomic E-state index is 3.25. The molecule has 0 amide bonds. The van der Waals surface area contributed by atoms with Gasteiger partial charge in [0, 0.05) is 24.7 Å². The van der Waals surface area contributed by atoms with Crippen molar-refractivity contribution in [2.45, 2.75) is 0 Å². The highest BCUT2D eigenvalue weighted by Gasteiger charge is 2.19. The van der Waals surface area contributed by atoms with Crippen molar-refractivity contribution in [3.8, 4) is 0 Å². The van der Waals surface area contributed by atoms with Crippen LogP contribution in [0.5, 0.6) is 0 Å². The number of nitrogens with zero attached hydrogens (tertiary/aromatic N) is 3. The molecule has 16 heavy (non-hydrogen) atoms. The molecule has 3 heteroatoms. The van der Waals surface area contributed by atoms with Crippen molar-refractivity contribution in [1.82, 2.24) is 15.1 Å². The van der Waals surface area contributed by atoms with Crippen LogP contribution in [0.15, 0.2) is 66.8 Å². The molecule has 0 saturated heterocycles. The van der Waals surface area contributed by atoms with Crippen LogP contribution in [0.1, 0.15) is 0 Å². The highest BCUT2D eigenvalue weighted by molar-refractivity contribution is 5.26. The minimum atomic E-state index is 0.856. The van der Waals surface area contributed by atoms with Crippen LogP contribution in [-0.4, -0.2) is 21.7 Å². The summed E-state index contributed by atoms with van der Waals surface area (Å²) in [5.74, 6) is 0. The van der Waals surface area contributed by atoms with Crippen LogP contribution in [0.25, 0.3) is 0 Å². The Bertz CT molecular complexity index is 452. The van der Waals surface area contributed by atoms with Crippen molar-refractivity contribution in [1.29, 1.82) is 0 Å². The minimum Gasteiger partial charge on any atom is -0.262 e. The molecule has 0 unspecified atom stereocenters. The van der Waals surface area contributed by atoms with E-state index in [1.54, 1.807) is 0 Å². The van der Waals surface area contributed by atoms with Crippen LogP contribution >= 0.6 is 0 Å². The molecular formula is C13H12N3. The number of hydrogen-bond donors (Lipinski definition) is 0. The molecule has 3 rings (SSSR count). The molecule has 0 aromatic heterocycles. The highest BCUT2D eigenvalue weighted by Crippen LogP contribution is 2.20. The van der Waals surface area contributed by atoms with Crippen molar-refractivity contribution in [3.05, 3.63) is 72.9 Å². The summed E-state index contributed by atoms with van der Waals surface area (Å²) in [5.41, 5.74) is 1.07. The zero-order valence-electron chi connectivity index (χ0n) is 8.82. The smallest absolute Gasteiger partial charge is 0.0676 e. The molecule has 1 radical (unpaired) electrons. The number of fused-ring (bicyclic) bond motifs is 3. The van der Waals surface area contributed by atoms with E-state index in [9.17, 15) is 0 Å². The summed E-state index contributed by atoms with van der Waals surface area (Å²) in [6, 6.07) is 0. The molecule has 3 nitrogen and oxygen atoms in total. The predicted molar refractivity (Wildman–Crippen MR) is 62.8 cm³/mol. The van der Waals surface area contributed by atoms with Gasteiger partial charge in [0.1, 0.15) is 0 Å². The average Bonchev–Trinajstić information content (AvgIpc) is 2.33. The van der Waals surface area contributed by atoms with Crippen LogP contribution in [-0.2, 0) is 0 Å². The van der Waals surface area contributed by atoms with E-state index in [-0.39, 0.29) is 0 Å². The fourth-order valence-corrected chi connectivity index (χ4v) is 1.82. The zero-order valence-corrected chi connectivity index (χ0v) is 8.82. The van der Waals surface area contributed by atoms with Gasteiger partial charge in [-0.05, 0) is 24.3 Å². The van der Waals surface area contributed by atoms with Gasteiger partial charge < -0.3 is 0 Å². The van der Waals surface area contributed by atoms with Gasteiger partial charge in [0.2, 0.25) is 0 Å². The molecule has 3 aliphatic rings. The van der Waals surface area contributed by atoms with Gasteiger partial charge in [-0.15, -0.1) is 0 Å². The van der Waals surface area contributed by atoms with Gasteiger partial charge in [0.05, 0.1) is 12.2 Å². The lowest BCUT2D eigenvalue weighted by Gasteiger charge is -2.42. The fraction of sp³-hybridized carbons (Fsp3) is 0.0769. The van der Waals surface area contributed by atoms with Crippen molar-refractivity contribution < 1.29 is 0 Å². The lowest BCUT2D eigenvalue weighted by Crippen LogP contribution is -2.46. The van der Waals surface area contributed by atoms with Crippen molar-refractivity contribution >= 4 is 0 Å². The molecular weight excluding hydrogens is 198 g/mol. The number of rotatable bonds is 0. The molecule has 79 valence electrons. The van der Waals surface area contributed by atoms with Crippen LogP contribution in [0.4, 0.5) is 0 Å². The number of hydrogen-bond acceptors (Lipinski definition) is 3. The van der Waals surface area contributed by atoms with E-state index in [2.05, 4.69) is 34.4 Å². The Labute approximate surface area is 95.2 Å². The Morgan fingerprint density at radius 2 is 1.88 bits per heavy atom. The summed E-state index contributed by atoms with van der Waals surface area (Å²) < 4.78 is 0. The molecule has 3 heterocycles. The highest BCUT2D eigenvalue weighted by atomic mass is 15.8. The molecule has 3 aliphatic heterocycles. The molecule has 0 bridgehead atoms. The molecule has 0 saturated carbocycles. The van der Waals surface area contributed by atoms with Crippen LogP contribution in [0, 0.1) is 6.08 Å². The quantitative estimate of drug-likeness (QED) is 0.606. The maximum atomic E-state index is 3.25. The Kier molecular flexibility index (Phi) is 2.14. The second-order valence-electron chi connectivity index (χ2n) is 3.60. The Morgan fingerprint density at radius 3 is 2.88 bits per heavy atom. The molecule has 0 aromatic rings. The Hall–Kier alpha value is -2.16. The lowest BCUT2D eigenvalue weighted by atomic mass is 10.2. The van der Waals surface area contributed by atoms with Crippen LogP contribution in [0.3, 0.4) is 0 Å². The first-order valence-corrected chi connectivity index (χ1v) is 5.28. The third kappa shape index (κ3) is 1.46. The van der Waals surface area contributed by atoms with E-state index < -0.39 is 0 Å². The van der Waals surface area contributed by atoms with Crippen LogP contribution in [0.2, 0.25) is 0 Å². The molecule has 0 atom stereocenters. The first-order valence-electron chi connectivity index (χ1n) is 5.28. The average molecular weight is 210 g/mol. The third-order valence-corrected chi connectivity index (χ3v) is 2.57. The van der Waals surface area contributed by atoms with Crippen molar-refractivity contribution in [3.63, 3.8) is 0 Å². The summed E-state index contributed by atoms with van der Waals surface area (Å²) >= 11 is 0. The van der Waals surface area contributed by atoms with Gasteiger partial charge in [-0.3, -0.25) is 5.01 Å². The predicted octanol–water partition coefficient (Wildman–Crippen LogP) is 2.10. The van der Waals surface area contributed by atoms with E-state index in [4.69, 9.17) is 0 Å². The molecule has 0 spiro atoms. The standard InChI is InChI=1S/C13H12N3/c1-3-9-14-10-5-6-12-16(14)15-11-4-2-8-13(15)7-1/h1-6,8-10,12H,11H2/b7-1?,9-3-. The monoisotopic (exact) mass is 210 g/mol. The third-order valence-electron chi connectivity index (χ3n) is 2.57. The van der Waals surface area contributed by atoms with Crippen molar-refractivity contribution in [2.24, 2.45) is 0 Å². The largest absolute Gasteiger partial charge is 0.262 e. The maximum Gasteiger partial charge on any atom is 0.0676 e. The van der Waals surface area contributed by atoms with Gasteiger partial charge >= 0.3 is 0 Å². The van der Waals surface area contributed by atoms with Gasteiger partial charge in [-0.2, -0.15) is 5.12 Å². The molecule has 0 aromatic carbocycles. The normalized spacial score (nSPS) is 25.5. The number of hydrazine groups is 2. The number of allylic oxidation sites excluding steroid dienone is 7. The summed E-state index contributed by atoms with van der Waals surface area (Å²) in [7, 11) is 0. The summed E-state index contributed by atoms with van der Waals surface area (Å²) in [6.07, 6.45) is 23.5. The second kappa shape index (κ2) is 3.77. The van der Waals surface area contributed by atoms with E-state index in [0.717, 1.165) is 12.2 Å². The second-order valence-corrected chi connectivity index (χ2v) is 3.60. The summed E-state index contributed by atoms with van der Waals surface area (Å²) in [5, 5.41) is 6.25. The van der Waals surface area contributed by atoms with Gasteiger partial charge in [0.25, 0.3) is 0 Å². The first kappa shape index (κ1) is 9.09. The van der Waals surface area contributed by atoms with Gasteiger partial charge in [0.15, 0.2) is 0 Å². The van der Waals surface area contributed by atoms with Crippen LogP contribution < -0.4 is 0 Å². The minimum absolute atomic E-state index is 0.856. The van der Waals surface area contributed by atoms with Crippen molar-refractivity contribution in [2.75, 3.05) is 6.54 Å². The van der Waals surface area contributed by atoms with Gasteiger partial charge in [-0.1, -0.05) is 18.2 Å². The van der Waals surface area contributed by atoms with E-state index >= 15 is 0 Å². The first-order chi connectivity index (χ1) is 7.95. The van der Waals surface area contributed by atoms with E-state index in [1.165, 1.54) is 0 Å². The summed E-state index contributed by atoms with van der Waals surface area (Å²) in [4.78, 5) is 0. The van der Waals surface area contributed by atoms with Gasteiger partial charge in [-0.25, -0.2) is 5.01 Å². The molecule has 0 fully saturated rings. The topological polar surface area (TPSA) is 9.72 Å². The molecule has 0 N–H and O–H groups in total. The Balaban J connectivity index is 2.01. The molecule has 0 aliphatic carbocycles. The lowest BCUT2D eigenvalue weighted by molar-refractivity contribution is -0.0629. The Morgan fingerprint density at radius 1 is 1.00 bits per heavy atom. The fourth-order valence-electron chi connectivity index (χ4n) is 1.82. The van der Waals surface area contributed by atoms with E-state index in [0.29, 0.717) is 0 Å². The zero-order chi connectivity index (χ0) is 10.8. The SMILES string of the molecule is [C]1=C\C=C/N2C=CC=CN2N2CC=CC=C/12. The van der Waals surface area contributed by atoms with E-state index in [1.807, 2.05) is 47.9 Å².